The van der Waals surface area contributed by atoms with Crippen LogP contribution in [0.15, 0.2) is 18.2 Å². The van der Waals surface area contributed by atoms with Crippen LogP contribution >= 0.6 is 12.4 Å². The zero-order valence-electron chi connectivity index (χ0n) is 10.7. The molecule has 0 saturated heterocycles. The minimum Gasteiger partial charge on any atom is -0.490 e. The van der Waals surface area contributed by atoms with E-state index in [2.05, 4.69) is 5.32 Å². The maximum Gasteiger partial charge on any atom is 0.228 e. The molecule has 0 aromatic heterocycles. The van der Waals surface area contributed by atoms with Gasteiger partial charge in [0.05, 0.1) is 12.2 Å². The number of anilines is 1. The molecule has 1 aliphatic rings. The van der Waals surface area contributed by atoms with Crippen molar-refractivity contribution >= 4 is 24.0 Å². The third-order valence-electron chi connectivity index (χ3n) is 2.87. The van der Waals surface area contributed by atoms with E-state index in [0.717, 1.165) is 17.0 Å². The zero-order chi connectivity index (χ0) is 12.3. The van der Waals surface area contributed by atoms with Gasteiger partial charge in [0.15, 0.2) is 0 Å². The van der Waals surface area contributed by atoms with Gasteiger partial charge in [0.1, 0.15) is 12.4 Å². The van der Waals surface area contributed by atoms with Gasteiger partial charge in [-0.1, -0.05) is 6.07 Å². The van der Waals surface area contributed by atoms with Crippen LogP contribution in [0.25, 0.3) is 0 Å². The van der Waals surface area contributed by atoms with Gasteiger partial charge in [0.2, 0.25) is 5.91 Å². The molecule has 0 saturated carbocycles. The molecule has 2 rings (SSSR count). The van der Waals surface area contributed by atoms with E-state index < -0.39 is 0 Å². The third kappa shape index (κ3) is 3.15. The van der Waals surface area contributed by atoms with Crippen molar-refractivity contribution in [3.63, 3.8) is 0 Å². The minimum atomic E-state index is 0. The number of ether oxygens (including phenoxy) is 1. The average Bonchev–Trinajstić information content (AvgIpc) is 2.34. The largest absolute Gasteiger partial charge is 0.490 e. The van der Waals surface area contributed by atoms with Gasteiger partial charge in [0, 0.05) is 13.0 Å². The standard InChI is InChI=1S/C13H18N2O2.ClH/c1-10-3-4-11-12(9-10)17-8-7-15(11)13(16)5-6-14-2;/h3-4,9,14H,5-8H2,1-2H3;1H. The maximum atomic E-state index is 12.0. The van der Waals surface area contributed by atoms with E-state index >= 15 is 0 Å². The molecular formula is C13H19ClN2O2. The zero-order valence-corrected chi connectivity index (χ0v) is 11.5. The van der Waals surface area contributed by atoms with Gasteiger partial charge in [-0.05, 0) is 31.7 Å². The van der Waals surface area contributed by atoms with Crippen LogP contribution in [0, 0.1) is 6.92 Å². The number of nitrogens with one attached hydrogen (secondary N) is 1. The van der Waals surface area contributed by atoms with Crippen molar-refractivity contribution in [2.75, 3.05) is 31.6 Å². The van der Waals surface area contributed by atoms with E-state index in [0.29, 0.717) is 26.1 Å². The number of aryl methyl sites for hydroxylation is 1. The Morgan fingerprint density at radius 2 is 2.28 bits per heavy atom. The number of nitrogens with zero attached hydrogens (tertiary/aromatic N) is 1. The Labute approximate surface area is 114 Å². The molecule has 0 aliphatic carbocycles. The highest BCUT2D eigenvalue weighted by Crippen LogP contribution is 2.32. The molecule has 4 nitrogen and oxygen atoms in total. The van der Waals surface area contributed by atoms with E-state index in [1.807, 2.05) is 37.1 Å². The van der Waals surface area contributed by atoms with Gasteiger partial charge in [-0.15, -0.1) is 12.4 Å². The SMILES string of the molecule is CNCCC(=O)N1CCOc2cc(C)ccc21.Cl. The minimum absolute atomic E-state index is 0. The second-order valence-corrected chi connectivity index (χ2v) is 4.22. The molecule has 0 fully saturated rings. The van der Waals surface area contributed by atoms with Crippen molar-refractivity contribution in [2.45, 2.75) is 13.3 Å². The Hall–Kier alpha value is -1.26. The molecule has 1 amide bonds. The summed E-state index contributed by atoms with van der Waals surface area (Å²) < 4.78 is 5.58. The van der Waals surface area contributed by atoms with E-state index in [9.17, 15) is 4.79 Å². The number of rotatable bonds is 3. The summed E-state index contributed by atoms with van der Waals surface area (Å²) >= 11 is 0. The second-order valence-electron chi connectivity index (χ2n) is 4.22. The Bertz CT molecular complexity index is 423. The number of amides is 1. The van der Waals surface area contributed by atoms with Crippen LogP contribution in [0.4, 0.5) is 5.69 Å². The van der Waals surface area contributed by atoms with E-state index in [1.54, 1.807) is 0 Å². The average molecular weight is 271 g/mol. The van der Waals surface area contributed by atoms with Gasteiger partial charge < -0.3 is 15.0 Å². The lowest BCUT2D eigenvalue weighted by Gasteiger charge is -2.29. The fourth-order valence-corrected chi connectivity index (χ4v) is 1.95. The molecule has 0 bridgehead atoms. The van der Waals surface area contributed by atoms with Gasteiger partial charge in [-0.25, -0.2) is 0 Å². The summed E-state index contributed by atoms with van der Waals surface area (Å²) in [5.41, 5.74) is 2.04. The summed E-state index contributed by atoms with van der Waals surface area (Å²) in [6.07, 6.45) is 0.518. The Balaban J connectivity index is 0.00000162. The van der Waals surface area contributed by atoms with Crippen molar-refractivity contribution < 1.29 is 9.53 Å². The predicted molar refractivity (Wildman–Crippen MR) is 74.8 cm³/mol. The highest BCUT2D eigenvalue weighted by molar-refractivity contribution is 5.95. The number of carbonyl (C=O) groups excluding carboxylic acids is 1. The molecule has 0 radical (unpaired) electrons. The van der Waals surface area contributed by atoms with Crippen molar-refractivity contribution in [1.29, 1.82) is 0 Å². The summed E-state index contributed by atoms with van der Waals surface area (Å²) in [5, 5.41) is 2.99. The number of fused-ring (bicyclic) bond motifs is 1. The van der Waals surface area contributed by atoms with Crippen LogP contribution in [-0.2, 0) is 4.79 Å². The van der Waals surface area contributed by atoms with Crippen LogP contribution < -0.4 is 15.0 Å². The van der Waals surface area contributed by atoms with Crippen LogP contribution in [0.5, 0.6) is 5.75 Å². The monoisotopic (exact) mass is 270 g/mol. The first-order valence-corrected chi connectivity index (χ1v) is 5.91. The van der Waals surface area contributed by atoms with Crippen LogP contribution in [0.1, 0.15) is 12.0 Å². The van der Waals surface area contributed by atoms with Crippen LogP contribution in [0.2, 0.25) is 0 Å². The fourth-order valence-electron chi connectivity index (χ4n) is 1.95. The molecule has 1 aromatic carbocycles. The van der Waals surface area contributed by atoms with Crippen LogP contribution in [-0.4, -0.2) is 32.7 Å². The quantitative estimate of drug-likeness (QED) is 0.910. The summed E-state index contributed by atoms with van der Waals surface area (Å²) in [6, 6.07) is 5.94. The predicted octanol–water partition coefficient (Wildman–Crippen LogP) is 1.75. The Kier molecular flexibility index (Phi) is 5.44. The lowest BCUT2D eigenvalue weighted by Crippen LogP contribution is -2.39. The summed E-state index contributed by atoms with van der Waals surface area (Å²) in [7, 11) is 1.85. The van der Waals surface area contributed by atoms with Crippen LogP contribution in [0.3, 0.4) is 0 Å². The molecule has 1 aromatic rings. The van der Waals surface area contributed by atoms with E-state index in [1.165, 1.54) is 0 Å². The molecule has 0 spiro atoms. The molecule has 5 heteroatoms. The van der Waals surface area contributed by atoms with Crippen molar-refractivity contribution in [3.05, 3.63) is 23.8 Å². The third-order valence-corrected chi connectivity index (χ3v) is 2.87. The first-order chi connectivity index (χ1) is 8.22. The van der Waals surface area contributed by atoms with Gasteiger partial charge in [-0.3, -0.25) is 4.79 Å². The lowest BCUT2D eigenvalue weighted by molar-refractivity contribution is -0.118. The first-order valence-electron chi connectivity index (χ1n) is 5.91. The summed E-state index contributed by atoms with van der Waals surface area (Å²) in [5.74, 6) is 0.960. The number of halogens is 1. The van der Waals surface area contributed by atoms with Gasteiger partial charge in [0.25, 0.3) is 0 Å². The highest BCUT2D eigenvalue weighted by Gasteiger charge is 2.22. The summed E-state index contributed by atoms with van der Waals surface area (Å²) in [4.78, 5) is 13.9. The highest BCUT2D eigenvalue weighted by atomic mass is 35.5. The Morgan fingerprint density at radius 3 is 3.00 bits per heavy atom. The molecular weight excluding hydrogens is 252 g/mol. The van der Waals surface area contributed by atoms with E-state index in [4.69, 9.17) is 4.74 Å². The number of hydrogen-bond acceptors (Lipinski definition) is 3. The fraction of sp³-hybridized carbons (Fsp3) is 0.462. The topological polar surface area (TPSA) is 41.6 Å². The lowest BCUT2D eigenvalue weighted by atomic mass is 10.1. The smallest absolute Gasteiger partial charge is 0.228 e. The Morgan fingerprint density at radius 1 is 1.50 bits per heavy atom. The maximum absolute atomic E-state index is 12.0. The van der Waals surface area contributed by atoms with Gasteiger partial charge >= 0.3 is 0 Å². The molecule has 1 N–H and O–H groups in total. The number of carbonyl (C=O) groups is 1. The van der Waals surface area contributed by atoms with Gasteiger partial charge in [-0.2, -0.15) is 0 Å². The van der Waals surface area contributed by atoms with Crippen molar-refractivity contribution in [3.8, 4) is 5.75 Å². The molecule has 0 atom stereocenters. The molecule has 0 unspecified atom stereocenters. The van der Waals surface area contributed by atoms with Crippen molar-refractivity contribution in [2.24, 2.45) is 0 Å². The first kappa shape index (κ1) is 14.8. The van der Waals surface area contributed by atoms with Crippen molar-refractivity contribution in [1.82, 2.24) is 5.32 Å². The van der Waals surface area contributed by atoms with E-state index in [-0.39, 0.29) is 18.3 Å². The molecule has 1 heterocycles. The molecule has 1 aliphatic heterocycles. The summed E-state index contributed by atoms with van der Waals surface area (Å²) in [6.45, 7) is 3.93. The molecule has 18 heavy (non-hydrogen) atoms. The normalized spacial score (nSPS) is 13.3. The number of hydrogen-bond donors (Lipinski definition) is 1. The molecule has 100 valence electrons. The second kappa shape index (κ2) is 6.61. The number of benzene rings is 1.